The number of hydrogen-bond donors (Lipinski definition) is 2. The summed E-state index contributed by atoms with van der Waals surface area (Å²) in [5, 5.41) is 2.98. The second kappa shape index (κ2) is 7.51. The van der Waals surface area contributed by atoms with E-state index in [1.165, 1.54) is 31.1 Å². The molecule has 0 fully saturated rings. The Morgan fingerprint density at radius 1 is 1.04 bits per heavy atom. The van der Waals surface area contributed by atoms with Crippen molar-refractivity contribution in [2.45, 2.75) is 4.90 Å². The number of halogens is 1. The lowest BCUT2D eigenvalue weighted by Crippen LogP contribution is -2.30. The first-order chi connectivity index (χ1) is 11.3. The number of ketones is 1. The number of thiol groups is 1. The number of hydrogen-bond acceptors (Lipinski definition) is 4. The normalized spacial score (nSPS) is 10.2. The number of rotatable bonds is 4. The SMILES string of the molecule is CN(C)C(=O)C(=O)c1cccc(C(=O)Nc2cccc(S)c2Cl)c1. The molecule has 2 aromatic rings. The molecule has 0 saturated heterocycles. The van der Waals surface area contributed by atoms with Crippen LogP contribution in [0.4, 0.5) is 5.69 Å². The van der Waals surface area contributed by atoms with Gasteiger partial charge in [-0.2, -0.15) is 0 Å². The largest absolute Gasteiger partial charge is 0.342 e. The van der Waals surface area contributed by atoms with Gasteiger partial charge >= 0.3 is 0 Å². The van der Waals surface area contributed by atoms with Gasteiger partial charge in [0.2, 0.25) is 5.78 Å². The first-order valence-corrected chi connectivity index (χ1v) is 7.78. The van der Waals surface area contributed by atoms with E-state index in [2.05, 4.69) is 17.9 Å². The Labute approximate surface area is 150 Å². The van der Waals surface area contributed by atoms with Crippen LogP contribution in [0.5, 0.6) is 0 Å². The van der Waals surface area contributed by atoms with Gasteiger partial charge in [-0.15, -0.1) is 12.6 Å². The lowest BCUT2D eigenvalue weighted by Gasteiger charge is -2.11. The van der Waals surface area contributed by atoms with E-state index in [0.29, 0.717) is 15.6 Å². The molecule has 0 atom stereocenters. The average molecular weight is 363 g/mol. The minimum Gasteiger partial charge on any atom is -0.342 e. The zero-order chi connectivity index (χ0) is 17.9. The van der Waals surface area contributed by atoms with Crippen LogP contribution in [0, 0.1) is 0 Å². The van der Waals surface area contributed by atoms with Gasteiger partial charge in [-0.1, -0.05) is 29.8 Å². The van der Waals surface area contributed by atoms with E-state index in [-0.39, 0.29) is 11.1 Å². The molecule has 5 nitrogen and oxygen atoms in total. The molecule has 7 heteroatoms. The lowest BCUT2D eigenvalue weighted by molar-refractivity contribution is -0.124. The summed E-state index contributed by atoms with van der Waals surface area (Å²) in [6.45, 7) is 0. The standard InChI is InChI=1S/C17H15ClN2O3S/c1-20(2)17(23)15(21)10-5-3-6-11(9-10)16(22)19-12-7-4-8-13(24)14(12)18/h3-9,24H,1-2H3,(H,19,22). The molecule has 0 spiro atoms. The van der Waals surface area contributed by atoms with Crippen LogP contribution in [0.1, 0.15) is 20.7 Å². The van der Waals surface area contributed by atoms with Crippen LogP contribution >= 0.6 is 24.2 Å². The van der Waals surface area contributed by atoms with Gasteiger partial charge in [0.05, 0.1) is 10.7 Å². The molecule has 0 radical (unpaired) electrons. The molecule has 0 bridgehead atoms. The molecule has 0 aliphatic carbocycles. The van der Waals surface area contributed by atoms with Gasteiger partial charge in [0.1, 0.15) is 0 Å². The summed E-state index contributed by atoms with van der Waals surface area (Å²) < 4.78 is 0. The highest BCUT2D eigenvalue weighted by atomic mass is 35.5. The highest BCUT2D eigenvalue weighted by Gasteiger charge is 2.19. The van der Waals surface area contributed by atoms with Crippen LogP contribution in [0.15, 0.2) is 47.4 Å². The van der Waals surface area contributed by atoms with Crippen LogP contribution in [-0.4, -0.2) is 36.6 Å². The van der Waals surface area contributed by atoms with Crippen molar-refractivity contribution in [3.63, 3.8) is 0 Å². The molecule has 24 heavy (non-hydrogen) atoms. The van der Waals surface area contributed by atoms with Gasteiger partial charge in [0.15, 0.2) is 0 Å². The van der Waals surface area contributed by atoms with Crippen molar-refractivity contribution in [2.75, 3.05) is 19.4 Å². The Balaban J connectivity index is 2.25. The van der Waals surface area contributed by atoms with Gasteiger partial charge in [-0.05, 0) is 24.3 Å². The molecule has 2 aromatic carbocycles. The van der Waals surface area contributed by atoms with Crippen LogP contribution in [0.3, 0.4) is 0 Å². The Hall–Kier alpha value is -2.31. The quantitative estimate of drug-likeness (QED) is 0.499. The molecule has 0 unspecified atom stereocenters. The number of anilines is 1. The maximum Gasteiger partial charge on any atom is 0.294 e. The number of carbonyl (C=O) groups is 3. The molecule has 124 valence electrons. The number of Topliss-reactive ketones (excluding diaryl/α,β-unsaturated/α-hetero) is 1. The first-order valence-electron chi connectivity index (χ1n) is 6.96. The smallest absolute Gasteiger partial charge is 0.294 e. The molecule has 1 N–H and O–H groups in total. The number of nitrogens with zero attached hydrogens (tertiary/aromatic N) is 1. The second-order valence-electron chi connectivity index (χ2n) is 5.20. The van der Waals surface area contributed by atoms with Crippen molar-refractivity contribution < 1.29 is 14.4 Å². The average Bonchev–Trinajstić information content (AvgIpc) is 2.57. The van der Waals surface area contributed by atoms with Crippen molar-refractivity contribution in [2.24, 2.45) is 0 Å². The lowest BCUT2D eigenvalue weighted by atomic mass is 10.1. The summed E-state index contributed by atoms with van der Waals surface area (Å²) in [6, 6.07) is 11.0. The molecule has 2 rings (SSSR count). The minimum atomic E-state index is -0.676. The van der Waals surface area contributed by atoms with Crippen LogP contribution in [-0.2, 0) is 4.79 Å². The van der Waals surface area contributed by atoms with Crippen molar-refractivity contribution >= 4 is 47.5 Å². The topological polar surface area (TPSA) is 66.5 Å². The van der Waals surface area contributed by atoms with Gasteiger partial charge in [0, 0.05) is 30.1 Å². The van der Waals surface area contributed by atoms with E-state index in [9.17, 15) is 14.4 Å². The highest BCUT2D eigenvalue weighted by Crippen LogP contribution is 2.28. The van der Waals surface area contributed by atoms with E-state index in [0.717, 1.165) is 0 Å². The maximum atomic E-state index is 12.4. The molecular formula is C17H15ClN2O3S. The molecule has 0 aliphatic rings. The zero-order valence-electron chi connectivity index (χ0n) is 13.0. The summed E-state index contributed by atoms with van der Waals surface area (Å²) in [6.07, 6.45) is 0. The van der Waals surface area contributed by atoms with Crippen molar-refractivity contribution in [1.29, 1.82) is 0 Å². The second-order valence-corrected chi connectivity index (χ2v) is 6.06. The molecule has 0 aliphatic heterocycles. The predicted molar refractivity (Wildman–Crippen MR) is 96.1 cm³/mol. The Morgan fingerprint density at radius 3 is 2.33 bits per heavy atom. The van der Waals surface area contributed by atoms with Gasteiger partial charge < -0.3 is 10.2 Å². The fourth-order valence-corrected chi connectivity index (χ4v) is 2.32. The van der Waals surface area contributed by atoms with E-state index in [1.807, 2.05) is 0 Å². The Bertz CT molecular complexity index is 821. The summed E-state index contributed by atoms with van der Waals surface area (Å²) in [5.74, 6) is -1.77. The monoisotopic (exact) mass is 362 g/mol. The number of nitrogens with one attached hydrogen (secondary N) is 1. The highest BCUT2D eigenvalue weighted by molar-refractivity contribution is 7.80. The van der Waals surface area contributed by atoms with E-state index in [4.69, 9.17) is 11.6 Å². The van der Waals surface area contributed by atoms with Crippen molar-refractivity contribution in [1.82, 2.24) is 4.90 Å². The molecule has 2 amide bonds. The third-order valence-corrected chi connectivity index (χ3v) is 4.13. The Morgan fingerprint density at radius 2 is 1.67 bits per heavy atom. The van der Waals surface area contributed by atoms with Crippen LogP contribution in [0.25, 0.3) is 0 Å². The van der Waals surface area contributed by atoms with E-state index >= 15 is 0 Å². The maximum absolute atomic E-state index is 12.4. The van der Waals surface area contributed by atoms with Gasteiger partial charge in [-0.3, -0.25) is 14.4 Å². The van der Waals surface area contributed by atoms with E-state index < -0.39 is 17.6 Å². The number of amides is 2. The fraction of sp³-hybridized carbons (Fsp3) is 0.118. The zero-order valence-corrected chi connectivity index (χ0v) is 14.7. The molecular weight excluding hydrogens is 348 g/mol. The van der Waals surface area contributed by atoms with Crippen LogP contribution in [0.2, 0.25) is 5.02 Å². The number of carbonyl (C=O) groups excluding carboxylic acids is 3. The summed E-state index contributed by atoms with van der Waals surface area (Å²) in [5.41, 5.74) is 0.804. The van der Waals surface area contributed by atoms with E-state index in [1.54, 1.807) is 30.3 Å². The third-order valence-electron chi connectivity index (χ3n) is 3.21. The molecule has 0 saturated carbocycles. The third kappa shape index (κ3) is 3.96. The van der Waals surface area contributed by atoms with Gasteiger partial charge in [-0.25, -0.2) is 0 Å². The summed E-state index contributed by atoms with van der Waals surface area (Å²) in [7, 11) is 2.98. The predicted octanol–water partition coefficient (Wildman–Crippen LogP) is 3.15. The first kappa shape index (κ1) is 18.0. The molecule has 0 heterocycles. The summed E-state index contributed by atoms with van der Waals surface area (Å²) >= 11 is 10.3. The fourth-order valence-electron chi connectivity index (χ4n) is 1.94. The van der Waals surface area contributed by atoms with Crippen LogP contribution < -0.4 is 5.32 Å². The van der Waals surface area contributed by atoms with Crippen molar-refractivity contribution in [3.05, 3.63) is 58.6 Å². The van der Waals surface area contributed by atoms with Crippen molar-refractivity contribution in [3.8, 4) is 0 Å². The number of benzene rings is 2. The molecule has 0 aromatic heterocycles. The summed E-state index contributed by atoms with van der Waals surface area (Å²) in [4.78, 5) is 37.9. The minimum absolute atomic E-state index is 0.149. The number of likely N-dealkylation sites (N-methyl/N-ethyl adjacent to an activating group) is 1. The van der Waals surface area contributed by atoms with Gasteiger partial charge in [0.25, 0.3) is 11.8 Å². The Kier molecular flexibility index (Phi) is 5.64.